The van der Waals surface area contributed by atoms with Gasteiger partial charge in [0.2, 0.25) is 0 Å². The van der Waals surface area contributed by atoms with Crippen molar-refractivity contribution in [3.63, 3.8) is 0 Å². The van der Waals surface area contributed by atoms with Crippen molar-refractivity contribution in [1.29, 1.82) is 0 Å². The Kier molecular flexibility index (Phi) is 7.92. The molecule has 4 aromatic carbocycles. The van der Waals surface area contributed by atoms with Gasteiger partial charge in [-0.2, -0.15) is 0 Å². The van der Waals surface area contributed by atoms with Crippen LogP contribution in [0.4, 0.5) is 17.1 Å². The lowest BCUT2D eigenvalue weighted by Gasteiger charge is -2.25. The molecule has 0 N–H and O–H groups in total. The second kappa shape index (κ2) is 11.5. The van der Waals surface area contributed by atoms with Crippen LogP contribution in [0.3, 0.4) is 0 Å². The number of aryl methyl sites for hydroxylation is 2. The minimum absolute atomic E-state index is 0.807. The number of methoxy groups -OCH3 is 2. The molecule has 0 saturated heterocycles. The van der Waals surface area contributed by atoms with Crippen LogP contribution >= 0.6 is 0 Å². The molecule has 0 saturated carbocycles. The first-order chi connectivity index (χ1) is 17.5. The van der Waals surface area contributed by atoms with Gasteiger partial charge in [0.1, 0.15) is 11.5 Å². The summed E-state index contributed by atoms with van der Waals surface area (Å²) >= 11 is 0. The predicted molar refractivity (Wildman–Crippen MR) is 154 cm³/mol. The molecule has 3 nitrogen and oxygen atoms in total. The highest BCUT2D eigenvalue weighted by atomic mass is 16.5. The maximum Gasteiger partial charge on any atom is 0.126 e. The van der Waals surface area contributed by atoms with Gasteiger partial charge in [-0.15, -0.1) is 0 Å². The molecule has 0 unspecified atom stereocenters. The van der Waals surface area contributed by atoms with Crippen molar-refractivity contribution >= 4 is 35.3 Å². The van der Waals surface area contributed by atoms with Gasteiger partial charge in [0.05, 0.1) is 14.2 Å². The van der Waals surface area contributed by atoms with Crippen molar-refractivity contribution in [3.05, 3.63) is 119 Å². The molecule has 4 aromatic rings. The molecule has 0 aliphatic carbocycles. The maximum absolute atomic E-state index is 5.64. The van der Waals surface area contributed by atoms with Crippen LogP contribution < -0.4 is 14.4 Å². The lowest BCUT2D eigenvalue weighted by molar-refractivity contribution is 0.401. The molecule has 0 aliphatic rings. The van der Waals surface area contributed by atoms with E-state index in [0.717, 1.165) is 45.3 Å². The van der Waals surface area contributed by atoms with Crippen molar-refractivity contribution in [2.75, 3.05) is 19.1 Å². The normalized spacial score (nSPS) is 11.2. The molecule has 0 atom stereocenters. The third kappa shape index (κ3) is 5.69. The molecule has 4 rings (SSSR count). The topological polar surface area (TPSA) is 21.7 Å². The van der Waals surface area contributed by atoms with Gasteiger partial charge in [-0.3, -0.25) is 0 Å². The van der Waals surface area contributed by atoms with E-state index in [9.17, 15) is 0 Å². The molecule has 0 radical (unpaired) electrons. The Hall–Kier alpha value is -4.24. The summed E-state index contributed by atoms with van der Waals surface area (Å²) in [5, 5.41) is 0. The largest absolute Gasteiger partial charge is 0.496 e. The van der Waals surface area contributed by atoms with Crippen molar-refractivity contribution in [1.82, 2.24) is 0 Å². The Labute approximate surface area is 214 Å². The highest BCUT2D eigenvalue weighted by molar-refractivity contribution is 5.79. The lowest BCUT2D eigenvalue weighted by atomic mass is 10.1. The Morgan fingerprint density at radius 2 is 0.972 bits per heavy atom. The number of hydrogen-bond donors (Lipinski definition) is 0. The van der Waals surface area contributed by atoms with Crippen LogP contribution in [0.15, 0.2) is 91.0 Å². The van der Waals surface area contributed by atoms with Gasteiger partial charge in [-0.1, -0.05) is 71.8 Å². The lowest BCUT2D eigenvalue weighted by Crippen LogP contribution is -2.09. The third-order valence-corrected chi connectivity index (χ3v) is 6.12. The van der Waals surface area contributed by atoms with Crippen molar-refractivity contribution in [3.8, 4) is 11.5 Å². The first-order valence-electron chi connectivity index (χ1n) is 12.1. The molecule has 0 heterocycles. The smallest absolute Gasteiger partial charge is 0.126 e. The molecule has 36 heavy (non-hydrogen) atoms. The zero-order valence-electron chi connectivity index (χ0n) is 21.7. The Bertz CT molecular complexity index is 1300. The monoisotopic (exact) mass is 475 g/mol. The second-order valence-corrected chi connectivity index (χ2v) is 8.77. The molecule has 0 fully saturated rings. The molecular weight excluding hydrogens is 442 g/mol. The fraction of sp³-hybridized carbons (Fsp3) is 0.152. The van der Waals surface area contributed by atoms with Crippen LogP contribution in [0, 0.1) is 13.8 Å². The van der Waals surface area contributed by atoms with E-state index < -0.39 is 0 Å². The fourth-order valence-electron chi connectivity index (χ4n) is 4.14. The molecule has 0 bridgehead atoms. The van der Waals surface area contributed by atoms with Gasteiger partial charge >= 0.3 is 0 Å². The molecule has 182 valence electrons. The van der Waals surface area contributed by atoms with E-state index in [1.165, 1.54) is 11.1 Å². The van der Waals surface area contributed by atoms with Gasteiger partial charge < -0.3 is 14.4 Å². The van der Waals surface area contributed by atoms with Crippen molar-refractivity contribution in [2.45, 2.75) is 20.8 Å². The molecule has 3 heteroatoms. The minimum Gasteiger partial charge on any atom is -0.496 e. The minimum atomic E-state index is 0.807. The summed E-state index contributed by atoms with van der Waals surface area (Å²) in [7, 11) is 3.38. The predicted octanol–water partition coefficient (Wildman–Crippen LogP) is 8.99. The zero-order chi connectivity index (χ0) is 25.5. The van der Waals surface area contributed by atoms with E-state index in [-0.39, 0.29) is 0 Å². The van der Waals surface area contributed by atoms with Crippen LogP contribution in [0.25, 0.3) is 18.2 Å². The first kappa shape index (κ1) is 24.9. The van der Waals surface area contributed by atoms with Crippen molar-refractivity contribution < 1.29 is 9.47 Å². The van der Waals surface area contributed by atoms with E-state index in [0.29, 0.717) is 0 Å². The zero-order valence-corrected chi connectivity index (χ0v) is 21.7. The van der Waals surface area contributed by atoms with Crippen LogP contribution in [0.2, 0.25) is 0 Å². The number of allylic oxidation sites excluding steroid dienone is 1. The average Bonchev–Trinajstić information content (AvgIpc) is 2.90. The summed E-state index contributed by atoms with van der Waals surface area (Å²) in [4.78, 5) is 2.28. The van der Waals surface area contributed by atoms with Gasteiger partial charge in [0, 0.05) is 28.2 Å². The SMILES string of the molecule is CC=Cc1cc(OC)c(C=Cc2ccc(N(c3ccc(C)cc3)c3ccc(C)cc3)cc2)cc1OC. The highest BCUT2D eigenvalue weighted by Crippen LogP contribution is 2.35. The molecule has 0 aliphatic heterocycles. The molecule has 0 amide bonds. The van der Waals surface area contributed by atoms with E-state index >= 15 is 0 Å². The van der Waals surface area contributed by atoms with Crippen molar-refractivity contribution in [2.24, 2.45) is 0 Å². The van der Waals surface area contributed by atoms with Gasteiger partial charge in [0.25, 0.3) is 0 Å². The number of nitrogens with zero attached hydrogens (tertiary/aromatic N) is 1. The van der Waals surface area contributed by atoms with E-state index in [1.54, 1.807) is 14.2 Å². The van der Waals surface area contributed by atoms with Gasteiger partial charge in [0.15, 0.2) is 0 Å². The number of ether oxygens (including phenoxy) is 2. The van der Waals surface area contributed by atoms with E-state index in [2.05, 4.69) is 104 Å². The number of rotatable bonds is 8. The molecular formula is C33H33NO2. The van der Waals surface area contributed by atoms with Crippen LogP contribution in [0.1, 0.15) is 34.7 Å². The first-order valence-corrected chi connectivity index (χ1v) is 12.1. The summed E-state index contributed by atoms with van der Waals surface area (Å²) in [6, 6.07) is 29.9. The Morgan fingerprint density at radius 3 is 1.39 bits per heavy atom. The Balaban J connectivity index is 1.65. The van der Waals surface area contributed by atoms with Crippen LogP contribution in [0.5, 0.6) is 11.5 Å². The number of anilines is 3. The van der Waals surface area contributed by atoms with Gasteiger partial charge in [-0.05, 0) is 74.9 Å². The summed E-state index contributed by atoms with van der Waals surface area (Å²) in [5.41, 5.74) is 8.91. The highest BCUT2D eigenvalue weighted by Gasteiger charge is 2.12. The molecule has 0 spiro atoms. The number of hydrogen-bond acceptors (Lipinski definition) is 3. The van der Waals surface area contributed by atoms with E-state index in [4.69, 9.17) is 9.47 Å². The summed E-state index contributed by atoms with van der Waals surface area (Å²) < 4.78 is 11.2. The second-order valence-electron chi connectivity index (χ2n) is 8.77. The Morgan fingerprint density at radius 1 is 0.556 bits per heavy atom. The van der Waals surface area contributed by atoms with Crippen LogP contribution in [-0.4, -0.2) is 14.2 Å². The maximum atomic E-state index is 5.64. The van der Waals surface area contributed by atoms with Gasteiger partial charge in [-0.25, -0.2) is 0 Å². The summed E-state index contributed by atoms with van der Waals surface area (Å²) in [5.74, 6) is 1.62. The number of benzene rings is 4. The average molecular weight is 476 g/mol. The summed E-state index contributed by atoms with van der Waals surface area (Å²) in [6.07, 6.45) is 8.16. The fourth-order valence-corrected chi connectivity index (χ4v) is 4.14. The van der Waals surface area contributed by atoms with Crippen LogP contribution in [-0.2, 0) is 0 Å². The van der Waals surface area contributed by atoms with E-state index in [1.807, 2.05) is 31.2 Å². The quantitative estimate of drug-likeness (QED) is 0.237. The summed E-state index contributed by atoms with van der Waals surface area (Å²) in [6.45, 7) is 6.21. The molecule has 0 aromatic heterocycles. The standard InChI is InChI=1S/C33H33NO2/c1-6-7-27-22-33(36-5)28(23-32(27)35-4)15-12-26-13-20-31(21-14-26)34(29-16-8-24(2)9-17-29)30-18-10-25(3)11-19-30/h6-23H,1-5H3. The third-order valence-electron chi connectivity index (χ3n) is 6.12.